The Bertz CT molecular complexity index is 717. The van der Waals surface area contributed by atoms with E-state index in [0.29, 0.717) is 19.1 Å². The topological polar surface area (TPSA) is 79.3 Å². The number of rotatable bonds is 3. The van der Waals surface area contributed by atoms with Gasteiger partial charge in [-0.1, -0.05) is 15.9 Å². The zero-order valence-corrected chi connectivity index (χ0v) is 15.0. The van der Waals surface area contributed by atoms with Crippen LogP contribution >= 0.6 is 47.8 Å². The van der Waals surface area contributed by atoms with Crippen molar-refractivity contribution in [3.63, 3.8) is 0 Å². The Kier molecular flexibility index (Phi) is 5.13. The molecule has 2 N–H and O–H groups in total. The van der Waals surface area contributed by atoms with Crippen LogP contribution in [0.15, 0.2) is 44.0 Å². The summed E-state index contributed by atoms with van der Waals surface area (Å²) in [7, 11) is 0. The summed E-state index contributed by atoms with van der Waals surface area (Å²) < 4.78 is 1.66. The van der Waals surface area contributed by atoms with Crippen molar-refractivity contribution in [2.75, 3.05) is 5.32 Å². The molecule has 108 valence electrons. The summed E-state index contributed by atoms with van der Waals surface area (Å²) in [6.07, 6.45) is 1.40. The minimum Gasteiger partial charge on any atom is -0.478 e. The van der Waals surface area contributed by atoms with Gasteiger partial charge in [-0.3, -0.25) is 4.79 Å². The zero-order chi connectivity index (χ0) is 15.6. The Morgan fingerprint density at radius 2 is 1.86 bits per heavy atom. The molecule has 1 aromatic heterocycles. The quantitative estimate of drug-likeness (QED) is 0.644. The highest BCUT2D eigenvalue weighted by Crippen LogP contribution is 2.31. The van der Waals surface area contributed by atoms with Gasteiger partial charge in [-0.25, -0.2) is 9.78 Å². The van der Waals surface area contributed by atoms with Crippen LogP contribution in [-0.2, 0) is 0 Å². The van der Waals surface area contributed by atoms with Gasteiger partial charge in [0, 0.05) is 15.1 Å². The second-order valence-electron chi connectivity index (χ2n) is 3.94. The maximum Gasteiger partial charge on any atom is 0.337 e. The third kappa shape index (κ3) is 3.90. The monoisotopic (exact) mass is 476 g/mol. The number of carboxylic acids is 1. The Morgan fingerprint density at radius 3 is 2.43 bits per heavy atom. The van der Waals surface area contributed by atoms with Crippen molar-refractivity contribution in [3.8, 4) is 0 Å². The fourth-order valence-electron chi connectivity index (χ4n) is 1.57. The van der Waals surface area contributed by atoms with Gasteiger partial charge < -0.3 is 10.4 Å². The third-order valence-electron chi connectivity index (χ3n) is 2.51. The van der Waals surface area contributed by atoms with Crippen molar-refractivity contribution in [1.82, 2.24) is 4.98 Å². The molecule has 0 unspecified atom stereocenters. The number of hydrogen-bond donors (Lipinski definition) is 2. The molecule has 0 fully saturated rings. The normalized spacial score (nSPS) is 10.2. The molecular formula is C13H7Br3N2O3. The number of pyridine rings is 1. The molecule has 1 aromatic carbocycles. The minimum absolute atomic E-state index is 0.0188. The number of amides is 1. The van der Waals surface area contributed by atoms with Gasteiger partial charge in [0.25, 0.3) is 5.91 Å². The number of carbonyl (C=O) groups is 2. The summed E-state index contributed by atoms with van der Waals surface area (Å²) >= 11 is 9.64. The lowest BCUT2D eigenvalue weighted by atomic mass is 10.1. The first kappa shape index (κ1) is 16.1. The van der Waals surface area contributed by atoms with Gasteiger partial charge in [-0.2, -0.15) is 0 Å². The predicted octanol–water partition coefficient (Wildman–Crippen LogP) is 4.32. The van der Waals surface area contributed by atoms with Crippen LogP contribution in [0.1, 0.15) is 20.7 Å². The number of anilines is 1. The molecule has 0 aliphatic rings. The smallest absolute Gasteiger partial charge is 0.337 e. The van der Waals surface area contributed by atoms with E-state index in [1.54, 1.807) is 18.2 Å². The largest absolute Gasteiger partial charge is 0.478 e. The first-order valence-corrected chi connectivity index (χ1v) is 7.91. The highest BCUT2D eigenvalue weighted by molar-refractivity contribution is 9.11. The van der Waals surface area contributed by atoms with Crippen molar-refractivity contribution in [2.24, 2.45) is 0 Å². The van der Waals surface area contributed by atoms with E-state index in [1.807, 2.05) is 0 Å². The van der Waals surface area contributed by atoms with E-state index in [1.165, 1.54) is 12.3 Å². The molecular weight excluding hydrogens is 472 g/mol. The molecule has 0 saturated carbocycles. The molecule has 0 atom stereocenters. The number of hydrogen-bond acceptors (Lipinski definition) is 3. The fourth-order valence-corrected chi connectivity index (χ4v) is 3.12. The molecule has 1 heterocycles. The summed E-state index contributed by atoms with van der Waals surface area (Å²) in [4.78, 5) is 27.4. The Morgan fingerprint density at radius 1 is 1.14 bits per heavy atom. The molecule has 2 aromatic rings. The maximum absolute atomic E-state index is 12.1. The van der Waals surface area contributed by atoms with Crippen LogP contribution in [0.3, 0.4) is 0 Å². The van der Waals surface area contributed by atoms with Gasteiger partial charge in [0.05, 0.1) is 16.8 Å². The van der Waals surface area contributed by atoms with Crippen LogP contribution in [0.2, 0.25) is 0 Å². The van der Waals surface area contributed by atoms with Crippen LogP contribution in [-0.4, -0.2) is 22.0 Å². The summed E-state index contributed by atoms with van der Waals surface area (Å²) in [6.45, 7) is 0. The zero-order valence-electron chi connectivity index (χ0n) is 10.2. The maximum atomic E-state index is 12.1. The van der Waals surface area contributed by atoms with Gasteiger partial charge >= 0.3 is 5.97 Å². The summed E-state index contributed by atoms with van der Waals surface area (Å²) in [5.74, 6) is -1.58. The van der Waals surface area contributed by atoms with Crippen molar-refractivity contribution < 1.29 is 14.7 Å². The highest BCUT2D eigenvalue weighted by atomic mass is 79.9. The lowest BCUT2D eigenvalue weighted by Crippen LogP contribution is -2.15. The number of benzene rings is 1. The second-order valence-corrected chi connectivity index (χ2v) is 6.52. The van der Waals surface area contributed by atoms with Gasteiger partial charge in [0.1, 0.15) is 4.60 Å². The molecule has 0 bridgehead atoms. The molecule has 0 aliphatic carbocycles. The molecule has 8 heteroatoms. The average molecular weight is 479 g/mol. The number of aromatic nitrogens is 1. The van der Waals surface area contributed by atoms with Crippen LogP contribution in [0.4, 0.5) is 5.69 Å². The second kappa shape index (κ2) is 6.67. The number of carbonyl (C=O) groups excluding carboxylic acids is 1. The SMILES string of the molecule is O=C(Nc1c(Br)cc(Br)cc1C(=O)O)c1ccc(Br)nc1. The summed E-state index contributed by atoms with van der Waals surface area (Å²) in [5.41, 5.74) is 0.498. The van der Waals surface area contributed by atoms with Crippen molar-refractivity contribution in [1.29, 1.82) is 0 Å². The van der Waals surface area contributed by atoms with Crippen molar-refractivity contribution in [3.05, 3.63) is 55.1 Å². The van der Waals surface area contributed by atoms with Crippen LogP contribution in [0, 0.1) is 0 Å². The highest BCUT2D eigenvalue weighted by Gasteiger charge is 2.17. The minimum atomic E-state index is -1.14. The first-order chi connectivity index (χ1) is 9.88. The number of aromatic carboxylic acids is 1. The van der Waals surface area contributed by atoms with E-state index in [0.717, 1.165) is 0 Å². The summed E-state index contributed by atoms with van der Waals surface area (Å²) in [5, 5.41) is 11.8. The molecule has 1 amide bonds. The van der Waals surface area contributed by atoms with E-state index in [9.17, 15) is 14.7 Å². The fraction of sp³-hybridized carbons (Fsp3) is 0. The van der Waals surface area contributed by atoms with E-state index < -0.39 is 11.9 Å². The lowest BCUT2D eigenvalue weighted by molar-refractivity contribution is 0.0698. The molecule has 0 aliphatic heterocycles. The van der Waals surface area contributed by atoms with Crippen molar-refractivity contribution >= 4 is 65.4 Å². The third-order valence-corrected chi connectivity index (χ3v) is 4.07. The molecule has 0 spiro atoms. The number of halogens is 3. The van der Waals surface area contributed by atoms with Gasteiger partial charge in [0.15, 0.2) is 0 Å². The molecule has 21 heavy (non-hydrogen) atoms. The Labute approximate surface area is 145 Å². The number of carboxylic acid groups (broad SMARTS) is 1. The number of nitrogens with one attached hydrogen (secondary N) is 1. The predicted molar refractivity (Wildman–Crippen MR) is 88.7 cm³/mol. The van der Waals surface area contributed by atoms with E-state index in [-0.39, 0.29) is 11.3 Å². The molecule has 0 saturated heterocycles. The summed E-state index contributed by atoms with van der Waals surface area (Å²) in [6, 6.07) is 6.29. The average Bonchev–Trinajstić information content (AvgIpc) is 2.41. The standard InChI is InChI=1S/C13H7Br3N2O3/c14-7-3-8(13(20)21)11(9(15)4-7)18-12(19)6-1-2-10(16)17-5-6/h1-5H,(H,18,19)(H,20,21). The van der Waals surface area contributed by atoms with Gasteiger partial charge in [0.2, 0.25) is 0 Å². The van der Waals surface area contributed by atoms with E-state index in [2.05, 4.69) is 58.1 Å². The molecule has 5 nitrogen and oxygen atoms in total. The molecule has 2 rings (SSSR count). The van der Waals surface area contributed by atoms with Gasteiger partial charge in [-0.15, -0.1) is 0 Å². The van der Waals surface area contributed by atoms with Crippen LogP contribution in [0.5, 0.6) is 0 Å². The Hall–Kier alpha value is -1.25. The lowest BCUT2D eigenvalue weighted by Gasteiger charge is -2.11. The van der Waals surface area contributed by atoms with Crippen LogP contribution < -0.4 is 5.32 Å². The van der Waals surface area contributed by atoms with E-state index >= 15 is 0 Å². The molecule has 0 radical (unpaired) electrons. The van der Waals surface area contributed by atoms with Crippen LogP contribution in [0.25, 0.3) is 0 Å². The Balaban J connectivity index is 2.37. The number of nitrogens with zero attached hydrogens (tertiary/aromatic N) is 1. The van der Waals surface area contributed by atoms with E-state index in [4.69, 9.17) is 0 Å². The van der Waals surface area contributed by atoms with Gasteiger partial charge in [-0.05, 0) is 56.1 Å². The first-order valence-electron chi connectivity index (χ1n) is 5.53. The van der Waals surface area contributed by atoms with Crippen molar-refractivity contribution in [2.45, 2.75) is 0 Å².